The summed E-state index contributed by atoms with van der Waals surface area (Å²) >= 11 is 0. The zero-order valence-corrected chi connectivity index (χ0v) is 16.6. The molecule has 0 bridgehead atoms. The van der Waals surface area contributed by atoms with E-state index in [1.807, 2.05) is 72.8 Å². The van der Waals surface area contributed by atoms with Crippen LogP contribution in [0.3, 0.4) is 0 Å². The molecular weight excluding hydrogens is 390 g/mol. The number of benzene rings is 3. The molecule has 0 unspecified atom stereocenters. The van der Waals surface area contributed by atoms with Gasteiger partial charge in [0.25, 0.3) is 0 Å². The molecule has 3 aromatic rings. The highest BCUT2D eigenvalue weighted by molar-refractivity contribution is 6.04. The normalized spacial score (nSPS) is 11.5. The Labute approximate surface area is 179 Å². The van der Waals surface area contributed by atoms with Crippen LogP contribution in [0.2, 0.25) is 0 Å². The number of hydrogen-bond acceptors (Lipinski definition) is 6. The van der Waals surface area contributed by atoms with Crippen LogP contribution in [0.25, 0.3) is 0 Å². The van der Waals surface area contributed by atoms with Crippen LogP contribution in [0.4, 0.5) is 11.4 Å². The first-order valence-electron chi connectivity index (χ1n) is 9.75. The standard InChI is InChI=1S/C25H19N3O3/c26-15-20(24-27-21-12-6-7-13-22(21)28-24)23(29)16-31-25(30)19-11-5-4-10-18(19)14-17-8-2-1-3-9-17/h1-13,27-28H,14,16H2. The van der Waals surface area contributed by atoms with Gasteiger partial charge in [-0.1, -0.05) is 60.7 Å². The number of carbonyl (C=O) groups excluding carboxylic acids is 2. The molecule has 6 heteroatoms. The summed E-state index contributed by atoms with van der Waals surface area (Å²) in [5.41, 5.74) is 3.68. The van der Waals surface area contributed by atoms with Crippen molar-refractivity contribution in [1.82, 2.24) is 0 Å². The molecule has 31 heavy (non-hydrogen) atoms. The van der Waals surface area contributed by atoms with Crippen molar-refractivity contribution in [3.8, 4) is 6.07 Å². The predicted octanol–water partition coefficient (Wildman–Crippen LogP) is 4.28. The number of nitrogens with one attached hydrogen (secondary N) is 2. The van der Waals surface area contributed by atoms with E-state index in [-0.39, 0.29) is 11.4 Å². The van der Waals surface area contributed by atoms with Gasteiger partial charge in [0.15, 0.2) is 6.61 Å². The minimum Gasteiger partial charge on any atom is -0.454 e. The van der Waals surface area contributed by atoms with Crippen molar-refractivity contribution < 1.29 is 14.3 Å². The lowest BCUT2D eigenvalue weighted by atomic mass is 10.00. The number of rotatable bonds is 6. The molecule has 0 aliphatic carbocycles. The maximum Gasteiger partial charge on any atom is 0.338 e. The van der Waals surface area contributed by atoms with Gasteiger partial charge in [-0.15, -0.1) is 0 Å². The first-order chi connectivity index (χ1) is 15.2. The molecule has 0 radical (unpaired) electrons. The Balaban J connectivity index is 1.45. The van der Waals surface area contributed by atoms with Crippen molar-refractivity contribution in [3.05, 3.63) is 107 Å². The van der Waals surface area contributed by atoms with E-state index in [0.717, 1.165) is 22.5 Å². The number of carbonyl (C=O) groups is 2. The van der Waals surface area contributed by atoms with Crippen LogP contribution < -0.4 is 10.6 Å². The molecule has 0 aromatic heterocycles. The zero-order valence-electron chi connectivity index (χ0n) is 16.6. The summed E-state index contributed by atoms with van der Waals surface area (Å²) in [5, 5.41) is 15.5. The summed E-state index contributed by atoms with van der Waals surface area (Å²) in [6.45, 7) is -0.523. The molecule has 0 amide bonds. The molecular formula is C25H19N3O3. The summed E-state index contributed by atoms with van der Waals surface area (Å²) in [5.74, 6) is -0.897. The minimum atomic E-state index is -0.599. The molecule has 1 heterocycles. The van der Waals surface area contributed by atoms with Crippen LogP contribution in [0.15, 0.2) is 90.3 Å². The fourth-order valence-corrected chi connectivity index (χ4v) is 3.35. The van der Waals surface area contributed by atoms with E-state index in [4.69, 9.17) is 4.74 Å². The maximum absolute atomic E-state index is 12.7. The molecule has 1 aliphatic heterocycles. The summed E-state index contributed by atoms with van der Waals surface area (Å²) in [4.78, 5) is 25.3. The van der Waals surface area contributed by atoms with Crippen LogP contribution in [0, 0.1) is 11.3 Å². The maximum atomic E-state index is 12.7. The fraction of sp³-hybridized carbons (Fsp3) is 0.0800. The van der Waals surface area contributed by atoms with Gasteiger partial charge < -0.3 is 15.4 Å². The topological polar surface area (TPSA) is 91.2 Å². The van der Waals surface area contributed by atoms with Crippen molar-refractivity contribution in [2.45, 2.75) is 6.42 Å². The largest absolute Gasteiger partial charge is 0.454 e. The Morgan fingerprint density at radius 3 is 2.13 bits per heavy atom. The Morgan fingerprint density at radius 1 is 0.839 bits per heavy atom. The lowest BCUT2D eigenvalue weighted by molar-refractivity contribution is -0.118. The fourth-order valence-electron chi connectivity index (χ4n) is 3.35. The summed E-state index contributed by atoms with van der Waals surface area (Å²) < 4.78 is 5.26. The molecule has 0 saturated carbocycles. The zero-order chi connectivity index (χ0) is 21.6. The van der Waals surface area contributed by atoms with Gasteiger partial charge in [-0.2, -0.15) is 5.26 Å². The second kappa shape index (κ2) is 8.97. The lowest BCUT2D eigenvalue weighted by Crippen LogP contribution is -2.19. The van der Waals surface area contributed by atoms with E-state index in [9.17, 15) is 14.9 Å². The van der Waals surface area contributed by atoms with Crippen LogP contribution in [0.1, 0.15) is 21.5 Å². The van der Waals surface area contributed by atoms with E-state index in [0.29, 0.717) is 12.0 Å². The Hall–Kier alpha value is -4.37. The molecule has 6 nitrogen and oxygen atoms in total. The number of ketones is 1. The first-order valence-corrected chi connectivity index (χ1v) is 9.75. The molecule has 1 aliphatic rings. The third-order valence-electron chi connectivity index (χ3n) is 4.90. The molecule has 0 saturated heterocycles. The summed E-state index contributed by atoms with van der Waals surface area (Å²) in [6.07, 6.45) is 0.569. The third-order valence-corrected chi connectivity index (χ3v) is 4.90. The number of ether oxygens (including phenoxy) is 1. The van der Waals surface area contributed by atoms with Crippen LogP contribution >= 0.6 is 0 Å². The highest BCUT2D eigenvalue weighted by Gasteiger charge is 2.23. The van der Waals surface area contributed by atoms with Crippen molar-refractivity contribution in [1.29, 1.82) is 5.26 Å². The van der Waals surface area contributed by atoms with Crippen molar-refractivity contribution >= 4 is 23.1 Å². The van der Waals surface area contributed by atoms with Gasteiger partial charge in [-0.25, -0.2) is 4.79 Å². The number of Topliss-reactive ketones (excluding diaryl/α,β-unsaturated/α-hetero) is 1. The monoisotopic (exact) mass is 409 g/mol. The van der Waals surface area contributed by atoms with E-state index in [1.54, 1.807) is 12.1 Å². The molecule has 4 rings (SSSR count). The van der Waals surface area contributed by atoms with E-state index < -0.39 is 18.4 Å². The van der Waals surface area contributed by atoms with E-state index >= 15 is 0 Å². The number of esters is 1. The third kappa shape index (κ3) is 4.46. The number of hydrogen-bond donors (Lipinski definition) is 2. The van der Waals surface area contributed by atoms with E-state index in [1.165, 1.54) is 0 Å². The molecule has 0 fully saturated rings. The van der Waals surface area contributed by atoms with Gasteiger partial charge in [0, 0.05) is 0 Å². The Morgan fingerprint density at radius 2 is 1.45 bits per heavy atom. The highest BCUT2D eigenvalue weighted by atomic mass is 16.5. The Bertz CT molecular complexity index is 1180. The molecule has 0 spiro atoms. The SMILES string of the molecule is N#CC(C(=O)COC(=O)c1ccccc1Cc1ccccc1)=C1Nc2ccccc2N1. The first kappa shape index (κ1) is 19.9. The van der Waals surface area contributed by atoms with Gasteiger partial charge in [0.1, 0.15) is 17.5 Å². The van der Waals surface area contributed by atoms with Gasteiger partial charge >= 0.3 is 5.97 Å². The molecule has 3 aromatic carbocycles. The molecule has 0 atom stereocenters. The second-order valence-electron chi connectivity index (χ2n) is 6.98. The van der Waals surface area contributed by atoms with Gasteiger partial charge in [-0.05, 0) is 35.7 Å². The van der Waals surface area contributed by atoms with Crippen LogP contribution in [-0.4, -0.2) is 18.4 Å². The second-order valence-corrected chi connectivity index (χ2v) is 6.98. The summed E-state index contributed by atoms with van der Waals surface area (Å²) in [6, 6.07) is 26.2. The minimum absolute atomic E-state index is 0.124. The predicted molar refractivity (Wildman–Crippen MR) is 117 cm³/mol. The molecule has 152 valence electrons. The van der Waals surface area contributed by atoms with E-state index in [2.05, 4.69) is 10.6 Å². The van der Waals surface area contributed by atoms with Crippen molar-refractivity contribution in [3.63, 3.8) is 0 Å². The molecule has 2 N–H and O–H groups in total. The van der Waals surface area contributed by atoms with Gasteiger partial charge in [0.05, 0.1) is 16.9 Å². The number of nitriles is 1. The van der Waals surface area contributed by atoms with Crippen LogP contribution in [0.5, 0.6) is 0 Å². The average Bonchev–Trinajstić information content (AvgIpc) is 3.23. The van der Waals surface area contributed by atoms with Crippen LogP contribution in [-0.2, 0) is 16.0 Å². The smallest absolute Gasteiger partial charge is 0.338 e. The quantitative estimate of drug-likeness (QED) is 0.359. The van der Waals surface area contributed by atoms with Gasteiger partial charge in [-0.3, -0.25) is 4.79 Å². The number of nitrogens with zero attached hydrogens (tertiary/aromatic N) is 1. The number of anilines is 2. The summed E-state index contributed by atoms with van der Waals surface area (Å²) in [7, 11) is 0. The highest BCUT2D eigenvalue weighted by Crippen LogP contribution is 2.31. The number of para-hydroxylation sites is 2. The number of fused-ring (bicyclic) bond motifs is 1. The van der Waals surface area contributed by atoms with Gasteiger partial charge in [0.2, 0.25) is 5.78 Å². The van der Waals surface area contributed by atoms with Crippen molar-refractivity contribution in [2.75, 3.05) is 17.2 Å². The average molecular weight is 409 g/mol. The Kier molecular flexibility index (Phi) is 5.77. The van der Waals surface area contributed by atoms with Crippen molar-refractivity contribution in [2.24, 2.45) is 0 Å². The lowest BCUT2D eigenvalue weighted by Gasteiger charge is -2.10.